The van der Waals surface area contributed by atoms with Crippen molar-refractivity contribution in [2.75, 3.05) is 25.4 Å². The van der Waals surface area contributed by atoms with E-state index in [0.29, 0.717) is 24.5 Å². The van der Waals surface area contributed by atoms with Crippen LogP contribution < -0.4 is 4.74 Å². The van der Waals surface area contributed by atoms with Gasteiger partial charge in [0.05, 0.1) is 4.90 Å². The first kappa shape index (κ1) is 26.1. The molecule has 6 nitrogen and oxygen atoms in total. The maximum atomic E-state index is 13.4. The van der Waals surface area contributed by atoms with E-state index >= 15 is 0 Å². The highest BCUT2D eigenvalue weighted by Gasteiger charge is 2.27. The smallest absolute Gasteiger partial charge is 0.341 e. The SMILES string of the molecule is CCCN(CCSc1ccc(OCC(=O)O)c(C)c1)S(=O)(=O)c1ccc(C(C)(F)F)cc1. The lowest BCUT2D eigenvalue weighted by Gasteiger charge is -2.22. The van der Waals surface area contributed by atoms with Gasteiger partial charge in [0, 0.05) is 36.2 Å². The van der Waals surface area contributed by atoms with Crippen LogP contribution in [0.3, 0.4) is 0 Å². The molecule has 0 heterocycles. The van der Waals surface area contributed by atoms with Gasteiger partial charge in [0.15, 0.2) is 6.61 Å². The maximum Gasteiger partial charge on any atom is 0.341 e. The Labute approximate surface area is 191 Å². The molecule has 0 radical (unpaired) electrons. The lowest BCUT2D eigenvalue weighted by atomic mass is 10.1. The first-order valence-corrected chi connectivity index (χ1v) is 12.4. The molecule has 2 aromatic carbocycles. The third-order valence-corrected chi connectivity index (χ3v) is 7.47. The zero-order chi connectivity index (χ0) is 23.9. The Morgan fingerprint density at radius 1 is 1.16 bits per heavy atom. The second kappa shape index (κ2) is 11.1. The van der Waals surface area contributed by atoms with Gasteiger partial charge in [-0.2, -0.15) is 4.31 Å². The number of carboxylic acids is 1. The molecule has 0 saturated heterocycles. The monoisotopic (exact) mass is 487 g/mol. The largest absolute Gasteiger partial charge is 0.482 e. The van der Waals surface area contributed by atoms with E-state index < -0.39 is 28.5 Å². The van der Waals surface area contributed by atoms with E-state index in [0.717, 1.165) is 29.5 Å². The Morgan fingerprint density at radius 3 is 2.34 bits per heavy atom. The number of aryl methyl sites for hydroxylation is 1. The van der Waals surface area contributed by atoms with Gasteiger partial charge in [0.25, 0.3) is 5.92 Å². The van der Waals surface area contributed by atoms with Crippen LogP contribution in [0.2, 0.25) is 0 Å². The van der Waals surface area contributed by atoms with E-state index in [1.54, 1.807) is 19.1 Å². The van der Waals surface area contributed by atoms with E-state index in [2.05, 4.69) is 0 Å². The van der Waals surface area contributed by atoms with Crippen molar-refractivity contribution in [1.29, 1.82) is 0 Å². The van der Waals surface area contributed by atoms with Gasteiger partial charge in [-0.25, -0.2) is 22.0 Å². The standard InChI is InChI=1S/C22H27F2NO5S2/c1-4-11-25(32(28,29)19-8-5-17(6-9-19)22(3,23)24)12-13-31-18-7-10-20(16(2)14-18)30-15-21(26)27/h5-10,14H,4,11-13,15H2,1-3H3,(H,26,27). The number of benzene rings is 2. The summed E-state index contributed by atoms with van der Waals surface area (Å²) in [4.78, 5) is 11.5. The van der Waals surface area contributed by atoms with Gasteiger partial charge in [-0.1, -0.05) is 19.1 Å². The lowest BCUT2D eigenvalue weighted by Crippen LogP contribution is -2.33. The van der Waals surface area contributed by atoms with Gasteiger partial charge in [-0.15, -0.1) is 11.8 Å². The molecule has 2 aromatic rings. The molecule has 10 heteroatoms. The topological polar surface area (TPSA) is 83.9 Å². The van der Waals surface area contributed by atoms with Crippen LogP contribution in [0.15, 0.2) is 52.3 Å². The third-order valence-electron chi connectivity index (χ3n) is 4.58. The molecule has 0 spiro atoms. The first-order valence-electron chi connectivity index (χ1n) is 10.0. The summed E-state index contributed by atoms with van der Waals surface area (Å²) in [6.07, 6.45) is 0.615. The number of rotatable bonds is 12. The normalized spacial score (nSPS) is 12.2. The molecule has 32 heavy (non-hydrogen) atoms. The number of thioether (sulfide) groups is 1. The summed E-state index contributed by atoms with van der Waals surface area (Å²) in [6, 6.07) is 10.0. The molecule has 0 amide bonds. The molecule has 0 aromatic heterocycles. The van der Waals surface area contributed by atoms with Crippen molar-refractivity contribution in [2.24, 2.45) is 0 Å². The van der Waals surface area contributed by atoms with Gasteiger partial charge >= 0.3 is 5.97 Å². The van der Waals surface area contributed by atoms with Crippen molar-refractivity contribution in [2.45, 2.75) is 42.9 Å². The van der Waals surface area contributed by atoms with Crippen molar-refractivity contribution in [3.8, 4) is 5.75 Å². The summed E-state index contributed by atoms with van der Waals surface area (Å²) in [6.45, 7) is 4.59. The maximum absolute atomic E-state index is 13.4. The molecule has 0 unspecified atom stereocenters. The molecule has 0 saturated carbocycles. The third kappa shape index (κ3) is 7.18. The number of alkyl halides is 2. The molecular formula is C22H27F2NO5S2. The number of carbonyl (C=O) groups is 1. The second-order valence-corrected chi connectivity index (χ2v) is 10.4. The van der Waals surface area contributed by atoms with Crippen LogP contribution >= 0.6 is 11.8 Å². The molecule has 2 rings (SSSR count). The van der Waals surface area contributed by atoms with Crippen LogP contribution in [0.4, 0.5) is 8.78 Å². The number of nitrogens with zero attached hydrogens (tertiary/aromatic N) is 1. The quantitative estimate of drug-likeness (QED) is 0.435. The molecule has 0 fully saturated rings. The minimum absolute atomic E-state index is 0.0141. The molecule has 1 N–H and O–H groups in total. The van der Waals surface area contributed by atoms with Gasteiger partial charge < -0.3 is 9.84 Å². The second-order valence-electron chi connectivity index (χ2n) is 7.28. The molecule has 0 bridgehead atoms. The number of aliphatic carboxylic acids is 1. The Kier molecular flexibility index (Phi) is 9.06. The lowest BCUT2D eigenvalue weighted by molar-refractivity contribution is -0.139. The summed E-state index contributed by atoms with van der Waals surface area (Å²) in [5, 5.41) is 8.71. The van der Waals surface area contributed by atoms with Crippen LogP contribution in [0.25, 0.3) is 0 Å². The van der Waals surface area contributed by atoms with Crippen molar-refractivity contribution in [1.82, 2.24) is 4.31 Å². The molecular weight excluding hydrogens is 460 g/mol. The zero-order valence-corrected chi connectivity index (χ0v) is 19.8. The van der Waals surface area contributed by atoms with Crippen LogP contribution in [0.5, 0.6) is 5.75 Å². The highest BCUT2D eigenvalue weighted by Crippen LogP contribution is 2.29. The van der Waals surface area contributed by atoms with Gasteiger partial charge in [0.1, 0.15) is 5.75 Å². The van der Waals surface area contributed by atoms with Crippen LogP contribution in [-0.4, -0.2) is 49.2 Å². The Morgan fingerprint density at radius 2 is 1.81 bits per heavy atom. The fraction of sp³-hybridized carbons (Fsp3) is 0.409. The van der Waals surface area contributed by atoms with E-state index in [1.807, 2.05) is 13.0 Å². The van der Waals surface area contributed by atoms with Crippen LogP contribution in [0, 0.1) is 6.92 Å². The molecule has 0 aliphatic rings. The fourth-order valence-corrected chi connectivity index (χ4v) is 5.57. The Bertz CT molecular complexity index is 1020. The number of hydrogen-bond acceptors (Lipinski definition) is 5. The molecule has 0 aliphatic carbocycles. The molecule has 176 valence electrons. The van der Waals surface area contributed by atoms with Crippen molar-refractivity contribution in [3.63, 3.8) is 0 Å². The van der Waals surface area contributed by atoms with E-state index in [9.17, 15) is 22.0 Å². The van der Waals surface area contributed by atoms with Crippen LogP contribution in [0.1, 0.15) is 31.4 Å². The Balaban J connectivity index is 2.05. The average molecular weight is 488 g/mol. The minimum Gasteiger partial charge on any atom is -0.482 e. The zero-order valence-electron chi connectivity index (χ0n) is 18.2. The molecule has 0 atom stereocenters. The van der Waals surface area contributed by atoms with E-state index in [4.69, 9.17) is 9.84 Å². The summed E-state index contributed by atoms with van der Waals surface area (Å²) in [7, 11) is -3.81. The van der Waals surface area contributed by atoms with Crippen molar-refractivity contribution >= 4 is 27.8 Å². The van der Waals surface area contributed by atoms with Gasteiger partial charge in [0.2, 0.25) is 10.0 Å². The minimum atomic E-state index is -3.81. The predicted molar refractivity (Wildman–Crippen MR) is 120 cm³/mol. The predicted octanol–water partition coefficient (Wildman–Crippen LogP) is 4.76. The van der Waals surface area contributed by atoms with Gasteiger partial charge in [-0.05, 0) is 49.2 Å². The number of hydrogen-bond donors (Lipinski definition) is 1. The summed E-state index contributed by atoms with van der Waals surface area (Å²) >= 11 is 1.46. The highest BCUT2D eigenvalue weighted by atomic mass is 32.2. The number of sulfonamides is 1. The Hall–Kier alpha value is -2.17. The molecule has 0 aliphatic heterocycles. The van der Waals surface area contributed by atoms with Crippen LogP contribution in [-0.2, 0) is 20.7 Å². The van der Waals surface area contributed by atoms with E-state index in [1.165, 1.54) is 28.2 Å². The summed E-state index contributed by atoms with van der Waals surface area (Å²) in [5.74, 6) is -3.13. The fourth-order valence-electron chi connectivity index (χ4n) is 2.95. The summed E-state index contributed by atoms with van der Waals surface area (Å²) in [5.41, 5.74) is 0.544. The number of ether oxygens (including phenoxy) is 1. The number of halogens is 2. The summed E-state index contributed by atoms with van der Waals surface area (Å²) < 4.78 is 59.4. The highest BCUT2D eigenvalue weighted by molar-refractivity contribution is 7.99. The average Bonchev–Trinajstić information content (AvgIpc) is 2.71. The first-order chi connectivity index (χ1) is 14.9. The number of carboxylic acid groups (broad SMARTS) is 1. The van der Waals surface area contributed by atoms with E-state index in [-0.39, 0.29) is 17.0 Å². The van der Waals surface area contributed by atoms with Crippen molar-refractivity contribution < 1.29 is 31.8 Å². The van der Waals surface area contributed by atoms with Gasteiger partial charge in [-0.3, -0.25) is 0 Å². The van der Waals surface area contributed by atoms with Crippen molar-refractivity contribution in [3.05, 3.63) is 53.6 Å².